The summed E-state index contributed by atoms with van der Waals surface area (Å²) in [7, 11) is 0. The van der Waals surface area contributed by atoms with Crippen molar-refractivity contribution in [2.45, 2.75) is 32.4 Å². The quantitative estimate of drug-likeness (QED) is 0.922. The lowest BCUT2D eigenvalue weighted by Crippen LogP contribution is -2.47. The first kappa shape index (κ1) is 14.0. The van der Waals surface area contributed by atoms with Gasteiger partial charge in [0.1, 0.15) is 11.9 Å². The molecule has 2 aliphatic rings. The van der Waals surface area contributed by atoms with Gasteiger partial charge in [-0.15, -0.1) is 0 Å². The summed E-state index contributed by atoms with van der Waals surface area (Å²) < 4.78 is 0. The van der Waals surface area contributed by atoms with Crippen LogP contribution in [-0.2, 0) is 11.3 Å². The topological polar surface area (TPSA) is 44.7 Å². The number of para-hydroxylation sites is 2. The predicted octanol–water partition coefficient (Wildman–Crippen LogP) is 3.57. The van der Waals surface area contributed by atoms with Gasteiger partial charge in [0.25, 0.3) is 0 Å². The zero-order valence-corrected chi connectivity index (χ0v) is 13.1. The molecule has 0 aliphatic carbocycles. The molecule has 2 aromatic carbocycles. The lowest BCUT2D eigenvalue weighted by atomic mass is 10.0. The predicted molar refractivity (Wildman–Crippen MR) is 92.9 cm³/mol. The number of amidine groups is 1. The zero-order valence-electron chi connectivity index (χ0n) is 13.1. The SMILES string of the molecule is CCCC1C(=O)Nc2ccccc2C2=NCc3ccccc3N21. The van der Waals surface area contributed by atoms with E-state index < -0.39 is 0 Å². The minimum Gasteiger partial charge on any atom is -0.324 e. The summed E-state index contributed by atoms with van der Waals surface area (Å²) in [4.78, 5) is 19.8. The van der Waals surface area contributed by atoms with Crippen LogP contribution in [-0.4, -0.2) is 17.8 Å². The molecule has 0 fully saturated rings. The van der Waals surface area contributed by atoms with Gasteiger partial charge in [-0.3, -0.25) is 9.79 Å². The van der Waals surface area contributed by atoms with Crippen molar-refractivity contribution >= 4 is 23.1 Å². The lowest BCUT2D eigenvalue weighted by Gasteiger charge is -2.35. The van der Waals surface area contributed by atoms with Gasteiger partial charge in [0, 0.05) is 11.3 Å². The summed E-state index contributed by atoms with van der Waals surface area (Å²) in [5.41, 5.74) is 4.11. The molecule has 1 N–H and O–H groups in total. The maximum absolute atomic E-state index is 12.8. The average molecular weight is 305 g/mol. The van der Waals surface area contributed by atoms with E-state index in [9.17, 15) is 4.79 Å². The van der Waals surface area contributed by atoms with Crippen LogP contribution >= 0.6 is 0 Å². The first-order chi connectivity index (χ1) is 11.3. The van der Waals surface area contributed by atoms with Crippen molar-refractivity contribution in [3.05, 3.63) is 59.7 Å². The number of carbonyl (C=O) groups excluding carboxylic acids is 1. The number of nitrogens with zero attached hydrogens (tertiary/aromatic N) is 2. The number of hydrogen-bond acceptors (Lipinski definition) is 3. The Bertz CT molecular complexity index is 797. The van der Waals surface area contributed by atoms with E-state index in [4.69, 9.17) is 4.99 Å². The molecular weight excluding hydrogens is 286 g/mol. The van der Waals surface area contributed by atoms with Gasteiger partial charge in [-0.25, -0.2) is 0 Å². The van der Waals surface area contributed by atoms with Crippen molar-refractivity contribution in [2.24, 2.45) is 4.99 Å². The monoisotopic (exact) mass is 305 g/mol. The highest BCUT2D eigenvalue weighted by Gasteiger charge is 2.36. The minimum absolute atomic E-state index is 0.0428. The van der Waals surface area contributed by atoms with E-state index in [0.29, 0.717) is 6.54 Å². The molecule has 4 nitrogen and oxygen atoms in total. The number of anilines is 2. The Labute approximate surface area is 135 Å². The highest BCUT2D eigenvalue weighted by molar-refractivity contribution is 6.21. The third kappa shape index (κ3) is 2.22. The summed E-state index contributed by atoms with van der Waals surface area (Å²) in [6, 6.07) is 15.9. The molecule has 116 valence electrons. The number of fused-ring (bicyclic) bond motifs is 5. The van der Waals surface area contributed by atoms with Crippen LogP contribution in [0.1, 0.15) is 30.9 Å². The molecule has 4 heteroatoms. The van der Waals surface area contributed by atoms with Gasteiger partial charge in [-0.05, 0) is 30.2 Å². The first-order valence-electron chi connectivity index (χ1n) is 8.11. The molecule has 0 bridgehead atoms. The number of rotatable bonds is 2. The smallest absolute Gasteiger partial charge is 0.247 e. The van der Waals surface area contributed by atoms with Crippen LogP contribution < -0.4 is 10.2 Å². The molecule has 0 radical (unpaired) electrons. The molecular formula is C19H19N3O. The van der Waals surface area contributed by atoms with Crippen LogP contribution in [0.15, 0.2) is 53.5 Å². The van der Waals surface area contributed by atoms with Gasteiger partial charge in [-0.1, -0.05) is 43.7 Å². The fraction of sp³-hybridized carbons (Fsp3) is 0.263. The minimum atomic E-state index is -0.229. The van der Waals surface area contributed by atoms with Crippen LogP contribution in [0.25, 0.3) is 0 Å². The van der Waals surface area contributed by atoms with Crippen molar-refractivity contribution < 1.29 is 4.79 Å². The average Bonchev–Trinajstić information content (AvgIpc) is 2.70. The Morgan fingerprint density at radius 3 is 2.83 bits per heavy atom. The Balaban J connectivity index is 1.93. The van der Waals surface area contributed by atoms with Gasteiger partial charge in [-0.2, -0.15) is 0 Å². The molecule has 0 spiro atoms. The molecule has 2 heterocycles. The van der Waals surface area contributed by atoms with E-state index in [1.807, 2.05) is 36.4 Å². The highest BCUT2D eigenvalue weighted by Crippen LogP contribution is 2.35. The summed E-state index contributed by atoms with van der Waals surface area (Å²) in [6.45, 7) is 2.77. The number of nitrogens with one attached hydrogen (secondary N) is 1. The molecule has 4 rings (SSSR count). The Kier molecular flexibility index (Phi) is 3.37. The number of benzene rings is 2. The van der Waals surface area contributed by atoms with E-state index in [2.05, 4.69) is 29.3 Å². The fourth-order valence-electron chi connectivity index (χ4n) is 3.41. The molecule has 0 saturated heterocycles. The largest absolute Gasteiger partial charge is 0.324 e. The van der Waals surface area contributed by atoms with Crippen molar-refractivity contribution in [2.75, 3.05) is 10.2 Å². The van der Waals surface area contributed by atoms with E-state index >= 15 is 0 Å². The Morgan fingerprint density at radius 1 is 1.17 bits per heavy atom. The Morgan fingerprint density at radius 2 is 1.96 bits per heavy atom. The van der Waals surface area contributed by atoms with Gasteiger partial charge < -0.3 is 10.2 Å². The molecule has 1 unspecified atom stereocenters. The van der Waals surface area contributed by atoms with Gasteiger partial charge in [0.05, 0.1) is 12.2 Å². The van der Waals surface area contributed by atoms with Gasteiger partial charge in [0.2, 0.25) is 5.91 Å². The van der Waals surface area contributed by atoms with E-state index in [0.717, 1.165) is 35.6 Å². The number of hydrogen-bond donors (Lipinski definition) is 1. The molecule has 2 aliphatic heterocycles. The second-order valence-electron chi connectivity index (χ2n) is 5.98. The molecule has 0 saturated carbocycles. The zero-order chi connectivity index (χ0) is 15.8. The molecule has 2 aromatic rings. The second kappa shape index (κ2) is 5.54. The molecule has 1 amide bonds. The van der Waals surface area contributed by atoms with Crippen molar-refractivity contribution in [3.8, 4) is 0 Å². The summed E-state index contributed by atoms with van der Waals surface area (Å²) >= 11 is 0. The summed E-state index contributed by atoms with van der Waals surface area (Å²) in [6.07, 6.45) is 1.74. The molecule has 23 heavy (non-hydrogen) atoms. The van der Waals surface area contributed by atoms with Crippen LogP contribution in [0.5, 0.6) is 0 Å². The fourth-order valence-corrected chi connectivity index (χ4v) is 3.41. The van der Waals surface area contributed by atoms with E-state index in [1.165, 1.54) is 5.56 Å². The van der Waals surface area contributed by atoms with Crippen LogP contribution in [0.2, 0.25) is 0 Å². The maximum atomic E-state index is 12.8. The van der Waals surface area contributed by atoms with Crippen LogP contribution in [0, 0.1) is 0 Å². The normalized spacial score (nSPS) is 19.0. The number of carbonyl (C=O) groups is 1. The highest BCUT2D eigenvalue weighted by atomic mass is 16.2. The van der Waals surface area contributed by atoms with E-state index in [-0.39, 0.29) is 11.9 Å². The summed E-state index contributed by atoms with van der Waals surface area (Å²) in [5.74, 6) is 0.942. The van der Waals surface area contributed by atoms with Crippen molar-refractivity contribution in [1.82, 2.24) is 0 Å². The van der Waals surface area contributed by atoms with E-state index in [1.54, 1.807) is 0 Å². The summed E-state index contributed by atoms with van der Waals surface area (Å²) in [5, 5.41) is 3.08. The van der Waals surface area contributed by atoms with Crippen molar-refractivity contribution in [3.63, 3.8) is 0 Å². The third-order valence-corrected chi connectivity index (χ3v) is 4.48. The van der Waals surface area contributed by atoms with Gasteiger partial charge >= 0.3 is 0 Å². The van der Waals surface area contributed by atoms with Crippen LogP contribution in [0.3, 0.4) is 0 Å². The standard InChI is InChI=1S/C19H19N3O/c1-2-7-17-19(23)21-15-10-5-4-9-14(15)18-20-12-13-8-3-6-11-16(13)22(17)18/h3-6,8-11,17H,2,7,12H2,1H3,(H,21,23). The number of aliphatic imine (C=N–C) groups is 1. The van der Waals surface area contributed by atoms with Gasteiger partial charge in [0.15, 0.2) is 0 Å². The lowest BCUT2D eigenvalue weighted by molar-refractivity contribution is -0.117. The Hall–Kier alpha value is -2.62. The van der Waals surface area contributed by atoms with Crippen LogP contribution in [0.4, 0.5) is 11.4 Å². The molecule has 1 atom stereocenters. The molecule has 0 aromatic heterocycles. The first-order valence-corrected chi connectivity index (χ1v) is 8.11. The second-order valence-corrected chi connectivity index (χ2v) is 5.98. The number of amides is 1. The third-order valence-electron chi connectivity index (χ3n) is 4.48. The van der Waals surface area contributed by atoms with Crippen molar-refractivity contribution in [1.29, 1.82) is 0 Å². The maximum Gasteiger partial charge on any atom is 0.247 e.